The van der Waals surface area contributed by atoms with Crippen LogP contribution in [0.25, 0.3) is 0 Å². The van der Waals surface area contributed by atoms with Gasteiger partial charge in [-0.1, -0.05) is 6.92 Å². The number of aromatic nitrogens is 1. The first-order chi connectivity index (χ1) is 10.5. The van der Waals surface area contributed by atoms with Gasteiger partial charge < -0.3 is 9.47 Å². The molecule has 130 valence electrons. The van der Waals surface area contributed by atoms with E-state index in [0.717, 1.165) is 7.11 Å². The van der Waals surface area contributed by atoms with Crippen LogP contribution in [-0.4, -0.2) is 30.9 Å². The van der Waals surface area contributed by atoms with Crippen LogP contribution >= 0.6 is 11.8 Å². The lowest BCUT2D eigenvalue weighted by Crippen LogP contribution is -2.24. The van der Waals surface area contributed by atoms with Gasteiger partial charge in [-0.25, -0.2) is 9.78 Å². The van der Waals surface area contributed by atoms with Crippen molar-refractivity contribution in [1.29, 1.82) is 0 Å². The Morgan fingerprint density at radius 2 is 1.70 bits per heavy atom. The van der Waals surface area contributed by atoms with E-state index in [4.69, 9.17) is 0 Å². The highest BCUT2D eigenvalue weighted by atomic mass is 32.2. The van der Waals surface area contributed by atoms with Crippen LogP contribution in [0.15, 0.2) is 4.90 Å². The lowest BCUT2D eigenvalue weighted by Gasteiger charge is -2.21. The number of hydrogen-bond acceptors (Lipinski definition) is 5. The Hall–Kier alpha value is -1.65. The van der Waals surface area contributed by atoms with Crippen LogP contribution in [0.2, 0.25) is 0 Å². The summed E-state index contributed by atoms with van der Waals surface area (Å²) in [5.74, 6) is -2.55. The maximum Gasteiger partial charge on any atom is 0.434 e. The van der Waals surface area contributed by atoms with Gasteiger partial charge in [0.25, 0.3) is 0 Å². The summed E-state index contributed by atoms with van der Waals surface area (Å²) in [7, 11) is 1.57. The number of pyridine rings is 1. The summed E-state index contributed by atoms with van der Waals surface area (Å²) in [5, 5.41) is 0. The molecule has 1 heterocycles. The van der Waals surface area contributed by atoms with Gasteiger partial charge in [-0.15, -0.1) is 11.8 Å². The lowest BCUT2D eigenvalue weighted by molar-refractivity contribution is -0.148. The number of carbonyl (C=O) groups excluding carboxylic acids is 1. The molecule has 1 aromatic heterocycles. The van der Waals surface area contributed by atoms with Gasteiger partial charge in [0.15, 0.2) is 5.69 Å². The van der Waals surface area contributed by atoms with E-state index in [9.17, 15) is 31.1 Å². The van der Waals surface area contributed by atoms with Crippen molar-refractivity contribution in [2.45, 2.75) is 24.2 Å². The SMILES string of the molecule is CCSc1c(OC)nc(C(F)(F)F)c(C(=O)OC)c1C(F)(F)F. The molecule has 0 unspecified atom stereocenters. The molecule has 0 aliphatic heterocycles. The minimum Gasteiger partial charge on any atom is -0.480 e. The molecule has 1 aromatic rings. The number of methoxy groups -OCH3 is 2. The first kappa shape index (κ1) is 19.4. The van der Waals surface area contributed by atoms with E-state index < -0.39 is 45.9 Å². The van der Waals surface area contributed by atoms with E-state index in [-0.39, 0.29) is 5.75 Å². The van der Waals surface area contributed by atoms with Crippen molar-refractivity contribution in [3.63, 3.8) is 0 Å². The second-order valence-electron chi connectivity index (χ2n) is 3.97. The maximum absolute atomic E-state index is 13.3. The zero-order valence-electron chi connectivity index (χ0n) is 12.1. The topological polar surface area (TPSA) is 48.4 Å². The fourth-order valence-corrected chi connectivity index (χ4v) is 2.64. The van der Waals surface area contributed by atoms with E-state index in [1.165, 1.54) is 6.92 Å². The zero-order valence-corrected chi connectivity index (χ0v) is 12.9. The van der Waals surface area contributed by atoms with Crippen LogP contribution in [-0.2, 0) is 17.1 Å². The van der Waals surface area contributed by atoms with E-state index in [1.807, 2.05) is 0 Å². The largest absolute Gasteiger partial charge is 0.480 e. The molecule has 0 bridgehead atoms. The monoisotopic (exact) mass is 363 g/mol. The van der Waals surface area contributed by atoms with Crippen molar-refractivity contribution in [2.75, 3.05) is 20.0 Å². The first-order valence-electron chi connectivity index (χ1n) is 5.96. The Bertz CT molecular complexity index is 600. The highest BCUT2D eigenvalue weighted by Gasteiger charge is 2.48. The van der Waals surface area contributed by atoms with Crippen molar-refractivity contribution in [1.82, 2.24) is 4.98 Å². The van der Waals surface area contributed by atoms with Crippen molar-refractivity contribution in [2.24, 2.45) is 0 Å². The predicted molar refractivity (Wildman–Crippen MR) is 68.5 cm³/mol. The summed E-state index contributed by atoms with van der Waals surface area (Å²) in [4.78, 5) is 13.9. The number of halogens is 6. The Morgan fingerprint density at radius 1 is 1.13 bits per heavy atom. The normalized spacial score (nSPS) is 12.2. The fourth-order valence-electron chi connectivity index (χ4n) is 1.74. The second kappa shape index (κ2) is 6.85. The molecule has 0 N–H and O–H groups in total. The van der Waals surface area contributed by atoms with Gasteiger partial charge in [-0.2, -0.15) is 26.3 Å². The quantitative estimate of drug-likeness (QED) is 0.459. The standard InChI is InChI=1S/C12H11F6NO3S/c1-4-23-7-6(11(13,14)15)5(10(20)22-3)8(12(16,17)18)19-9(7)21-2/h4H2,1-3H3. The molecule has 0 atom stereocenters. The van der Waals surface area contributed by atoms with Crippen molar-refractivity contribution < 1.29 is 40.6 Å². The summed E-state index contributed by atoms with van der Waals surface area (Å²) >= 11 is 0.559. The molecule has 4 nitrogen and oxygen atoms in total. The van der Waals surface area contributed by atoms with Crippen molar-refractivity contribution in [3.8, 4) is 5.88 Å². The zero-order chi connectivity index (χ0) is 18.0. The van der Waals surface area contributed by atoms with E-state index in [0.29, 0.717) is 18.9 Å². The Labute approximate surface area is 131 Å². The highest BCUT2D eigenvalue weighted by molar-refractivity contribution is 7.99. The van der Waals surface area contributed by atoms with Crippen LogP contribution in [0, 0.1) is 0 Å². The molecule has 0 saturated carbocycles. The average Bonchev–Trinajstić information content (AvgIpc) is 2.43. The molecule has 23 heavy (non-hydrogen) atoms. The Balaban J connectivity index is 4.00. The number of ether oxygens (including phenoxy) is 2. The molecular weight excluding hydrogens is 352 g/mol. The summed E-state index contributed by atoms with van der Waals surface area (Å²) < 4.78 is 87.8. The number of hydrogen-bond donors (Lipinski definition) is 0. The average molecular weight is 363 g/mol. The molecule has 0 aliphatic rings. The van der Waals surface area contributed by atoms with Gasteiger partial charge in [0.2, 0.25) is 5.88 Å². The molecule has 0 amide bonds. The number of alkyl halides is 6. The molecule has 0 aromatic carbocycles. The van der Waals surface area contributed by atoms with Gasteiger partial charge in [-0.3, -0.25) is 0 Å². The van der Waals surface area contributed by atoms with Gasteiger partial charge in [-0.05, 0) is 5.75 Å². The van der Waals surface area contributed by atoms with E-state index >= 15 is 0 Å². The van der Waals surface area contributed by atoms with Gasteiger partial charge in [0, 0.05) is 0 Å². The summed E-state index contributed by atoms with van der Waals surface area (Å²) in [6.45, 7) is 1.49. The van der Waals surface area contributed by atoms with Crippen LogP contribution in [0.1, 0.15) is 28.5 Å². The fraction of sp³-hybridized carbons (Fsp3) is 0.500. The lowest BCUT2D eigenvalue weighted by atomic mass is 10.0. The summed E-state index contributed by atoms with van der Waals surface area (Å²) in [6, 6.07) is 0. The number of esters is 1. The second-order valence-corrected chi connectivity index (χ2v) is 5.24. The van der Waals surface area contributed by atoms with E-state index in [2.05, 4.69) is 14.5 Å². The number of carbonyl (C=O) groups is 1. The maximum atomic E-state index is 13.3. The van der Waals surface area contributed by atoms with Crippen LogP contribution in [0.4, 0.5) is 26.3 Å². The van der Waals surface area contributed by atoms with Crippen molar-refractivity contribution in [3.05, 3.63) is 16.8 Å². The first-order valence-corrected chi connectivity index (χ1v) is 6.95. The third-order valence-electron chi connectivity index (χ3n) is 2.54. The van der Waals surface area contributed by atoms with E-state index in [1.54, 1.807) is 0 Å². The number of thioether (sulfide) groups is 1. The molecule has 0 aliphatic carbocycles. The smallest absolute Gasteiger partial charge is 0.434 e. The molecule has 0 radical (unpaired) electrons. The van der Waals surface area contributed by atoms with Gasteiger partial charge >= 0.3 is 18.3 Å². The molecule has 11 heteroatoms. The minimum absolute atomic E-state index is 0.0904. The summed E-state index contributed by atoms with van der Waals surface area (Å²) in [6.07, 6.45) is -10.5. The highest BCUT2D eigenvalue weighted by Crippen LogP contribution is 2.46. The molecule has 0 saturated heterocycles. The van der Waals surface area contributed by atoms with Crippen molar-refractivity contribution >= 4 is 17.7 Å². The van der Waals surface area contributed by atoms with Crippen LogP contribution in [0.3, 0.4) is 0 Å². The molecule has 0 spiro atoms. The van der Waals surface area contributed by atoms with Gasteiger partial charge in [0.1, 0.15) is 5.56 Å². The number of rotatable bonds is 4. The Morgan fingerprint density at radius 3 is 2.04 bits per heavy atom. The molecule has 0 fully saturated rings. The third kappa shape index (κ3) is 4.01. The minimum atomic E-state index is -5.30. The summed E-state index contributed by atoms with van der Waals surface area (Å²) in [5.41, 5.74) is -5.45. The molecular formula is C12H11F6NO3S. The third-order valence-corrected chi connectivity index (χ3v) is 3.50. The Kier molecular flexibility index (Phi) is 5.78. The van der Waals surface area contributed by atoms with Gasteiger partial charge in [0.05, 0.1) is 24.7 Å². The number of nitrogens with zero attached hydrogens (tertiary/aromatic N) is 1. The van der Waals surface area contributed by atoms with Crippen LogP contribution in [0.5, 0.6) is 5.88 Å². The molecule has 1 rings (SSSR count). The van der Waals surface area contributed by atoms with Crippen LogP contribution < -0.4 is 4.74 Å². The predicted octanol–water partition coefficient (Wildman–Crippen LogP) is 4.03.